The molecule has 0 aliphatic carbocycles. The number of hydrogen-bond donors (Lipinski definition) is 1. The van der Waals surface area contributed by atoms with Crippen LogP contribution in [0.5, 0.6) is 0 Å². The van der Waals surface area contributed by atoms with Crippen LogP contribution in [0.2, 0.25) is 0 Å². The van der Waals surface area contributed by atoms with E-state index in [4.69, 9.17) is 0 Å². The van der Waals surface area contributed by atoms with Crippen LogP contribution in [0.1, 0.15) is 12.5 Å². The Kier molecular flexibility index (Phi) is 5.36. The first kappa shape index (κ1) is 17.7. The number of nitrogens with one attached hydrogen (secondary N) is 1. The van der Waals surface area contributed by atoms with Crippen LogP contribution in [0.4, 0.5) is 5.69 Å². The van der Waals surface area contributed by atoms with Crippen molar-refractivity contribution in [3.05, 3.63) is 54.6 Å². The van der Waals surface area contributed by atoms with Crippen molar-refractivity contribution in [1.29, 1.82) is 0 Å². The molecular weight excluding hydrogens is 332 g/mol. The van der Waals surface area contributed by atoms with Gasteiger partial charge in [0.05, 0.1) is 29.9 Å². The van der Waals surface area contributed by atoms with Gasteiger partial charge in [0.1, 0.15) is 6.33 Å². The molecule has 0 bridgehead atoms. The third kappa shape index (κ3) is 3.61. The summed E-state index contributed by atoms with van der Waals surface area (Å²) in [5.74, 6) is -2.68. The monoisotopic (exact) mass is 352 g/mol. The zero-order chi connectivity index (χ0) is 18.5. The summed E-state index contributed by atoms with van der Waals surface area (Å²) in [6.07, 6.45) is 4.84. The first-order chi connectivity index (χ1) is 12.6. The zero-order valence-corrected chi connectivity index (χ0v) is 14.5. The van der Waals surface area contributed by atoms with E-state index in [1.54, 1.807) is 6.92 Å². The summed E-state index contributed by atoms with van der Waals surface area (Å²) in [6, 6.07) is 9.49. The summed E-state index contributed by atoms with van der Waals surface area (Å²) in [4.78, 5) is 47.1. The fourth-order valence-electron chi connectivity index (χ4n) is 3.23. The Balaban J connectivity index is 1.89. The highest BCUT2D eigenvalue weighted by Crippen LogP contribution is 2.32. The van der Waals surface area contributed by atoms with E-state index in [1.807, 2.05) is 30.3 Å². The number of benzene rings is 1. The average Bonchev–Trinajstić information content (AvgIpc) is 2.99. The summed E-state index contributed by atoms with van der Waals surface area (Å²) >= 11 is 0. The van der Waals surface area contributed by atoms with E-state index in [1.165, 1.54) is 23.6 Å². The topological polar surface area (TPSA) is 92.3 Å². The molecule has 2 heterocycles. The van der Waals surface area contributed by atoms with Crippen LogP contribution in [-0.4, -0.2) is 40.7 Å². The number of ketones is 1. The molecule has 0 spiro atoms. The fraction of sp³-hybridized carbons (Fsp3) is 0.316. The van der Waals surface area contributed by atoms with Gasteiger partial charge in [0.15, 0.2) is 0 Å². The second kappa shape index (κ2) is 7.86. The largest absolute Gasteiger partial charge is 0.350 e. The number of rotatable bonds is 6. The van der Waals surface area contributed by atoms with E-state index in [9.17, 15) is 14.4 Å². The number of hydrogen-bond acceptors (Lipinski definition) is 5. The maximum absolute atomic E-state index is 13.0. The van der Waals surface area contributed by atoms with Crippen LogP contribution < -0.4 is 10.2 Å². The first-order valence-electron chi connectivity index (χ1n) is 8.54. The van der Waals surface area contributed by atoms with Crippen LogP contribution in [0, 0.1) is 11.8 Å². The Morgan fingerprint density at radius 1 is 1.19 bits per heavy atom. The lowest BCUT2D eigenvalue weighted by atomic mass is 9.86. The predicted molar refractivity (Wildman–Crippen MR) is 95.2 cm³/mol. The van der Waals surface area contributed by atoms with Gasteiger partial charge >= 0.3 is 0 Å². The van der Waals surface area contributed by atoms with Gasteiger partial charge in [-0.05, 0) is 18.9 Å². The summed E-state index contributed by atoms with van der Waals surface area (Å²) < 4.78 is 0. The van der Waals surface area contributed by atoms with Crippen molar-refractivity contribution in [3.8, 4) is 0 Å². The molecule has 2 atom stereocenters. The summed E-state index contributed by atoms with van der Waals surface area (Å²) in [5, 5.41) is 2.53. The Labute approximate surface area is 151 Å². The molecule has 2 amide bonds. The van der Waals surface area contributed by atoms with Gasteiger partial charge in [0.25, 0.3) is 5.91 Å². The van der Waals surface area contributed by atoms with Crippen LogP contribution in [0.15, 0.2) is 49.1 Å². The van der Waals surface area contributed by atoms with E-state index in [-0.39, 0.29) is 12.5 Å². The molecule has 3 rings (SSSR count). The molecular formula is C19H20N4O3. The quantitative estimate of drug-likeness (QED) is 0.783. The van der Waals surface area contributed by atoms with E-state index in [0.29, 0.717) is 18.7 Å². The third-order valence-corrected chi connectivity index (χ3v) is 4.50. The average molecular weight is 352 g/mol. The van der Waals surface area contributed by atoms with E-state index in [0.717, 1.165) is 5.56 Å². The van der Waals surface area contributed by atoms with Crippen molar-refractivity contribution in [3.63, 3.8) is 0 Å². The van der Waals surface area contributed by atoms with Gasteiger partial charge in [-0.15, -0.1) is 0 Å². The van der Waals surface area contributed by atoms with Crippen molar-refractivity contribution >= 4 is 23.3 Å². The molecule has 7 heteroatoms. The minimum Gasteiger partial charge on any atom is -0.350 e. The minimum atomic E-state index is -0.700. The summed E-state index contributed by atoms with van der Waals surface area (Å²) in [7, 11) is 0. The number of likely N-dealkylation sites (N-methyl/N-ethyl adjacent to an activating group) is 1. The minimum absolute atomic E-state index is 0.152. The smallest absolute Gasteiger partial charge is 0.287 e. The maximum Gasteiger partial charge on any atom is 0.287 e. The highest BCUT2D eigenvalue weighted by atomic mass is 16.2. The Hall–Kier alpha value is -3.09. The van der Waals surface area contributed by atoms with E-state index >= 15 is 0 Å². The zero-order valence-electron chi connectivity index (χ0n) is 14.5. The lowest BCUT2D eigenvalue weighted by molar-refractivity contribution is -0.141. The van der Waals surface area contributed by atoms with Crippen LogP contribution in [0.3, 0.4) is 0 Å². The summed E-state index contributed by atoms with van der Waals surface area (Å²) in [5.41, 5.74) is 1.48. The van der Waals surface area contributed by atoms with Crippen molar-refractivity contribution in [1.82, 2.24) is 15.3 Å². The predicted octanol–water partition coefficient (Wildman–Crippen LogP) is 1.00. The molecule has 1 N–H and O–H groups in total. The third-order valence-electron chi connectivity index (χ3n) is 4.50. The SMILES string of the molecule is CCNC(=O)C(=O)[C@H]1CN(c2cncnc2)C(=O)[C@@H]1Cc1ccccc1. The number of amides is 2. The highest BCUT2D eigenvalue weighted by Gasteiger charge is 2.46. The molecule has 0 unspecified atom stereocenters. The highest BCUT2D eigenvalue weighted by molar-refractivity contribution is 6.38. The van der Waals surface area contributed by atoms with Crippen LogP contribution in [0.25, 0.3) is 0 Å². The van der Waals surface area contributed by atoms with Crippen molar-refractivity contribution in [2.75, 3.05) is 18.0 Å². The lowest BCUT2D eigenvalue weighted by Crippen LogP contribution is -2.38. The van der Waals surface area contributed by atoms with Gasteiger partial charge in [-0.25, -0.2) is 9.97 Å². The van der Waals surface area contributed by atoms with E-state index < -0.39 is 23.5 Å². The first-order valence-corrected chi connectivity index (χ1v) is 8.54. The van der Waals surface area contributed by atoms with Crippen molar-refractivity contribution in [2.24, 2.45) is 11.8 Å². The second-order valence-corrected chi connectivity index (χ2v) is 6.17. The molecule has 7 nitrogen and oxygen atoms in total. The molecule has 0 radical (unpaired) electrons. The van der Waals surface area contributed by atoms with Crippen molar-refractivity contribution in [2.45, 2.75) is 13.3 Å². The van der Waals surface area contributed by atoms with Gasteiger partial charge in [0, 0.05) is 13.1 Å². The Morgan fingerprint density at radius 2 is 1.88 bits per heavy atom. The van der Waals surface area contributed by atoms with Gasteiger partial charge in [-0.3, -0.25) is 14.4 Å². The lowest BCUT2D eigenvalue weighted by Gasteiger charge is -2.15. The van der Waals surface area contributed by atoms with E-state index in [2.05, 4.69) is 15.3 Å². The second-order valence-electron chi connectivity index (χ2n) is 6.17. The van der Waals surface area contributed by atoms with Crippen LogP contribution in [-0.2, 0) is 20.8 Å². The number of anilines is 1. The number of nitrogens with zero attached hydrogens (tertiary/aromatic N) is 3. The molecule has 1 fully saturated rings. The van der Waals surface area contributed by atoms with Crippen LogP contribution >= 0.6 is 0 Å². The fourth-order valence-corrected chi connectivity index (χ4v) is 3.23. The normalized spacial score (nSPS) is 19.4. The molecule has 1 aliphatic heterocycles. The molecule has 1 aromatic heterocycles. The number of carbonyl (C=O) groups excluding carboxylic acids is 3. The molecule has 26 heavy (non-hydrogen) atoms. The Bertz CT molecular complexity index is 795. The maximum atomic E-state index is 13.0. The van der Waals surface area contributed by atoms with Gasteiger partial charge in [-0.2, -0.15) is 0 Å². The van der Waals surface area contributed by atoms with Crippen molar-refractivity contribution < 1.29 is 14.4 Å². The molecule has 134 valence electrons. The standard InChI is InChI=1S/C19H20N4O3/c1-2-22-18(25)17(24)16-11-23(14-9-20-12-21-10-14)19(26)15(16)8-13-6-4-3-5-7-13/h3-7,9-10,12,15-16H,2,8,11H2,1H3,(H,22,25)/t15-,16+/m1/s1. The molecule has 1 saturated heterocycles. The van der Waals surface area contributed by atoms with Gasteiger partial charge < -0.3 is 10.2 Å². The molecule has 2 aromatic rings. The molecule has 1 aromatic carbocycles. The summed E-state index contributed by atoms with van der Waals surface area (Å²) in [6.45, 7) is 2.27. The number of Topliss-reactive ketones (excluding diaryl/α,β-unsaturated/α-hetero) is 1. The Morgan fingerprint density at radius 3 is 2.54 bits per heavy atom. The van der Waals surface area contributed by atoms with Gasteiger partial charge in [0.2, 0.25) is 11.7 Å². The number of carbonyl (C=O) groups is 3. The van der Waals surface area contributed by atoms with Gasteiger partial charge in [-0.1, -0.05) is 30.3 Å². The number of aromatic nitrogens is 2. The molecule has 0 saturated carbocycles. The molecule has 1 aliphatic rings.